The van der Waals surface area contributed by atoms with Gasteiger partial charge >= 0.3 is 0 Å². The second-order valence-electron chi connectivity index (χ2n) is 3.71. The fourth-order valence-corrected chi connectivity index (χ4v) is 2.01. The highest BCUT2D eigenvalue weighted by molar-refractivity contribution is 6.31. The van der Waals surface area contributed by atoms with Gasteiger partial charge in [-0.1, -0.05) is 18.5 Å². The molecule has 0 aliphatic rings. The maximum atomic E-state index is 6.24. The van der Waals surface area contributed by atoms with Crippen LogP contribution in [0.5, 0.6) is 0 Å². The van der Waals surface area contributed by atoms with Crippen molar-refractivity contribution in [3.05, 3.63) is 16.4 Å². The van der Waals surface area contributed by atoms with Crippen molar-refractivity contribution in [2.45, 2.75) is 25.8 Å². The van der Waals surface area contributed by atoms with Gasteiger partial charge < -0.3 is 4.74 Å². The molecule has 0 saturated heterocycles. The van der Waals surface area contributed by atoms with Crippen LogP contribution in [0.1, 0.15) is 18.3 Å². The van der Waals surface area contributed by atoms with E-state index < -0.39 is 0 Å². The van der Waals surface area contributed by atoms with Gasteiger partial charge in [0.05, 0.1) is 23.0 Å². The fraction of sp³-hybridized carbons (Fsp3) is 0.700. The van der Waals surface area contributed by atoms with E-state index in [1.807, 2.05) is 14.0 Å². The van der Waals surface area contributed by atoms with Crippen molar-refractivity contribution in [2.24, 2.45) is 12.9 Å². The number of halogens is 1. The lowest BCUT2D eigenvalue weighted by atomic mass is 10.1. The van der Waals surface area contributed by atoms with E-state index in [0.29, 0.717) is 13.0 Å². The van der Waals surface area contributed by atoms with Gasteiger partial charge in [0.15, 0.2) is 0 Å². The van der Waals surface area contributed by atoms with Gasteiger partial charge in [0, 0.05) is 26.6 Å². The molecular weight excluding hydrogens is 228 g/mol. The summed E-state index contributed by atoms with van der Waals surface area (Å²) >= 11 is 6.24. The Morgan fingerprint density at radius 1 is 1.62 bits per heavy atom. The zero-order chi connectivity index (χ0) is 12.1. The monoisotopic (exact) mass is 246 g/mol. The molecule has 0 saturated carbocycles. The molecule has 1 heterocycles. The molecule has 0 aliphatic heterocycles. The van der Waals surface area contributed by atoms with Crippen molar-refractivity contribution >= 4 is 11.6 Å². The van der Waals surface area contributed by atoms with Gasteiger partial charge in [-0.05, 0) is 6.42 Å². The number of hydrazine groups is 1. The Labute approximate surface area is 101 Å². The van der Waals surface area contributed by atoms with Crippen molar-refractivity contribution in [3.8, 4) is 0 Å². The van der Waals surface area contributed by atoms with Gasteiger partial charge in [0.25, 0.3) is 0 Å². The van der Waals surface area contributed by atoms with Gasteiger partial charge in [-0.2, -0.15) is 5.10 Å². The van der Waals surface area contributed by atoms with E-state index in [-0.39, 0.29) is 6.04 Å². The molecule has 1 unspecified atom stereocenters. The van der Waals surface area contributed by atoms with E-state index in [0.717, 1.165) is 22.8 Å². The summed E-state index contributed by atoms with van der Waals surface area (Å²) in [6.07, 6.45) is 1.53. The van der Waals surface area contributed by atoms with Gasteiger partial charge in [-0.3, -0.25) is 16.0 Å². The van der Waals surface area contributed by atoms with Crippen LogP contribution in [-0.4, -0.2) is 29.5 Å². The quantitative estimate of drug-likeness (QED) is 0.572. The third kappa shape index (κ3) is 2.95. The maximum Gasteiger partial charge on any atom is 0.0850 e. The lowest BCUT2D eigenvalue weighted by molar-refractivity contribution is 0.165. The van der Waals surface area contributed by atoms with E-state index in [4.69, 9.17) is 22.2 Å². The van der Waals surface area contributed by atoms with E-state index in [1.165, 1.54) is 0 Å². The lowest BCUT2D eigenvalue weighted by Crippen LogP contribution is -2.40. The van der Waals surface area contributed by atoms with E-state index in [2.05, 4.69) is 10.5 Å². The number of ether oxygens (including phenoxy) is 1. The minimum Gasteiger partial charge on any atom is -0.383 e. The predicted molar refractivity (Wildman–Crippen MR) is 64.3 cm³/mol. The highest BCUT2D eigenvalue weighted by Gasteiger charge is 2.17. The standard InChI is InChI=1S/C10H19ClN4O/c1-4-8-10(11)9(15(2)14-8)5-7(13-12)6-16-3/h7,13H,4-6,12H2,1-3H3. The Balaban J connectivity index is 2.82. The second-order valence-corrected chi connectivity index (χ2v) is 4.09. The Hall–Kier alpha value is -0.620. The molecule has 0 aliphatic carbocycles. The summed E-state index contributed by atoms with van der Waals surface area (Å²) in [6, 6.07) is 0.0441. The van der Waals surface area contributed by atoms with Crippen LogP contribution in [0.4, 0.5) is 0 Å². The normalized spacial score (nSPS) is 13.1. The first-order valence-electron chi connectivity index (χ1n) is 5.29. The van der Waals surface area contributed by atoms with Crippen molar-refractivity contribution in [1.82, 2.24) is 15.2 Å². The summed E-state index contributed by atoms with van der Waals surface area (Å²) in [5.41, 5.74) is 4.62. The second kappa shape index (κ2) is 6.20. The minimum absolute atomic E-state index is 0.0441. The molecule has 3 N–H and O–H groups in total. The molecule has 0 bridgehead atoms. The summed E-state index contributed by atoms with van der Waals surface area (Å²) in [5.74, 6) is 5.44. The van der Waals surface area contributed by atoms with Gasteiger partial charge in [-0.15, -0.1) is 0 Å². The SMILES string of the molecule is CCc1nn(C)c(CC(COC)NN)c1Cl. The predicted octanol–water partition coefficient (Wildman–Crippen LogP) is 0.657. The van der Waals surface area contributed by atoms with Crippen molar-refractivity contribution < 1.29 is 4.74 Å². The Kier molecular flexibility index (Phi) is 5.21. The number of aromatic nitrogens is 2. The number of hydrogen-bond donors (Lipinski definition) is 2. The number of rotatable bonds is 6. The van der Waals surface area contributed by atoms with E-state index in [1.54, 1.807) is 11.8 Å². The molecule has 1 atom stereocenters. The van der Waals surface area contributed by atoms with Crippen LogP contribution >= 0.6 is 11.6 Å². The highest BCUT2D eigenvalue weighted by atomic mass is 35.5. The van der Waals surface area contributed by atoms with Crippen LogP contribution in [0.15, 0.2) is 0 Å². The summed E-state index contributed by atoms with van der Waals surface area (Å²) < 4.78 is 6.87. The first kappa shape index (κ1) is 13.4. The minimum atomic E-state index is 0.0441. The number of nitrogens with one attached hydrogen (secondary N) is 1. The van der Waals surface area contributed by atoms with Crippen LogP contribution in [0, 0.1) is 0 Å². The summed E-state index contributed by atoms with van der Waals surface area (Å²) in [6.45, 7) is 2.57. The van der Waals surface area contributed by atoms with Crippen LogP contribution in [0.2, 0.25) is 5.02 Å². The number of nitrogens with zero attached hydrogens (tertiary/aromatic N) is 2. The molecule has 0 aromatic carbocycles. The zero-order valence-corrected chi connectivity index (χ0v) is 10.7. The smallest absolute Gasteiger partial charge is 0.0850 e. The number of nitrogens with two attached hydrogens (primary N) is 1. The largest absolute Gasteiger partial charge is 0.383 e. The van der Waals surface area contributed by atoms with Crippen molar-refractivity contribution in [2.75, 3.05) is 13.7 Å². The Bertz CT molecular complexity index is 340. The van der Waals surface area contributed by atoms with E-state index in [9.17, 15) is 0 Å². The molecule has 92 valence electrons. The van der Waals surface area contributed by atoms with Gasteiger partial charge in [0.1, 0.15) is 0 Å². The molecular formula is C10H19ClN4O. The van der Waals surface area contributed by atoms with Gasteiger partial charge in [0.2, 0.25) is 0 Å². The molecule has 0 spiro atoms. The first-order chi connectivity index (χ1) is 7.63. The van der Waals surface area contributed by atoms with Crippen LogP contribution in [0.25, 0.3) is 0 Å². The van der Waals surface area contributed by atoms with Gasteiger partial charge in [-0.25, -0.2) is 0 Å². The molecule has 0 fully saturated rings. The zero-order valence-electron chi connectivity index (χ0n) is 9.96. The van der Waals surface area contributed by atoms with Crippen molar-refractivity contribution in [3.63, 3.8) is 0 Å². The molecule has 5 nitrogen and oxygen atoms in total. The Morgan fingerprint density at radius 2 is 2.31 bits per heavy atom. The van der Waals surface area contributed by atoms with Crippen LogP contribution < -0.4 is 11.3 Å². The lowest BCUT2D eigenvalue weighted by Gasteiger charge is -2.14. The average Bonchev–Trinajstić information content (AvgIpc) is 2.55. The first-order valence-corrected chi connectivity index (χ1v) is 5.67. The van der Waals surface area contributed by atoms with Crippen molar-refractivity contribution in [1.29, 1.82) is 0 Å². The number of methoxy groups -OCH3 is 1. The van der Waals surface area contributed by atoms with E-state index >= 15 is 0 Å². The summed E-state index contributed by atoms with van der Waals surface area (Å²) in [4.78, 5) is 0. The molecule has 1 aromatic rings. The Morgan fingerprint density at radius 3 is 2.75 bits per heavy atom. The van der Waals surface area contributed by atoms with Crippen LogP contribution in [-0.2, 0) is 24.6 Å². The highest BCUT2D eigenvalue weighted by Crippen LogP contribution is 2.21. The molecule has 16 heavy (non-hydrogen) atoms. The maximum absolute atomic E-state index is 6.24. The van der Waals surface area contributed by atoms with Crippen LogP contribution in [0.3, 0.4) is 0 Å². The average molecular weight is 247 g/mol. The molecule has 1 rings (SSSR count). The molecule has 0 radical (unpaired) electrons. The molecule has 0 amide bonds. The molecule has 6 heteroatoms. The molecule has 1 aromatic heterocycles. The third-order valence-corrected chi connectivity index (χ3v) is 2.98. The number of hydrogen-bond acceptors (Lipinski definition) is 4. The number of aryl methyl sites for hydroxylation is 2. The third-order valence-electron chi connectivity index (χ3n) is 2.55. The summed E-state index contributed by atoms with van der Waals surface area (Å²) in [7, 11) is 3.54. The fourth-order valence-electron chi connectivity index (χ4n) is 1.64. The summed E-state index contributed by atoms with van der Waals surface area (Å²) in [5, 5.41) is 5.09. The topological polar surface area (TPSA) is 65.1 Å².